The SMILES string of the molecule is CCCCCCCCCCCCOS(=O)(=O)O.NC(=NCCCCCCN=C(N)N=C(N)Nc1ccc(Cl)cc1)N=C(N)Nc1ccc(Cl)cc1. The van der Waals surface area contributed by atoms with Crippen molar-refractivity contribution in [3.8, 4) is 0 Å². The van der Waals surface area contributed by atoms with Crippen LogP contribution in [0.15, 0.2) is 68.5 Å². The van der Waals surface area contributed by atoms with Crippen LogP contribution in [-0.4, -0.2) is 56.5 Å². The Morgan fingerprint density at radius 2 is 0.980 bits per heavy atom. The lowest BCUT2D eigenvalue weighted by Gasteiger charge is -2.05. The molecule has 286 valence electrons. The lowest BCUT2D eigenvalue weighted by molar-refractivity contribution is 0.261. The van der Waals surface area contributed by atoms with E-state index in [1.807, 2.05) is 0 Å². The number of hydrogen-bond donors (Lipinski definition) is 7. The molecule has 0 amide bonds. The van der Waals surface area contributed by atoms with Crippen LogP contribution in [-0.2, 0) is 14.6 Å². The molecule has 51 heavy (non-hydrogen) atoms. The molecule has 0 heterocycles. The van der Waals surface area contributed by atoms with Crippen molar-refractivity contribution in [3.63, 3.8) is 0 Å². The first kappa shape index (κ1) is 45.4. The minimum absolute atomic E-state index is 0.0926. The van der Waals surface area contributed by atoms with E-state index >= 15 is 0 Å². The smallest absolute Gasteiger partial charge is 0.369 e. The Bertz CT molecular complexity index is 1370. The van der Waals surface area contributed by atoms with Crippen LogP contribution in [0.5, 0.6) is 0 Å². The minimum atomic E-state index is -4.23. The summed E-state index contributed by atoms with van der Waals surface area (Å²) < 4.78 is 33.0. The zero-order chi connectivity index (χ0) is 37.7. The van der Waals surface area contributed by atoms with Crippen LogP contribution >= 0.6 is 23.2 Å². The van der Waals surface area contributed by atoms with Crippen molar-refractivity contribution in [1.29, 1.82) is 0 Å². The van der Waals surface area contributed by atoms with E-state index in [-0.39, 0.29) is 30.4 Å². The Labute approximate surface area is 313 Å². The van der Waals surface area contributed by atoms with Gasteiger partial charge in [0.05, 0.1) is 6.61 Å². The van der Waals surface area contributed by atoms with Crippen LogP contribution in [0.4, 0.5) is 11.4 Å². The second-order valence-corrected chi connectivity index (χ2v) is 13.5. The molecule has 0 saturated carbocycles. The molecule has 2 aromatic carbocycles. The van der Waals surface area contributed by atoms with Gasteiger partial charge >= 0.3 is 10.4 Å². The number of rotatable bonds is 21. The highest BCUT2D eigenvalue weighted by atomic mass is 35.5. The van der Waals surface area contributed by atoms with Crippen LogP contribution < -0.4 is 33.6 Å². The van der Waals surface area contributed by atoms with Crippen molar-refractivity contribution in [2.24, 2.45) is 42.9 Å². The van der Waals surface area contributed by atoms with Gasteiger partial charge in [0.1, 0.15) is 0 Å². The summed E-state index contributed by atoms with van der Waals surface area (Å²) in [5, 5.41) is 7.11. The van der Waals surface area contributed by atoms with E-state index in [1.165, 1.54) is 44.9 Å². The molecule has 17 heteroatoms. The molecule has 0 spiro atoms. The third-order valence-corrected chi connectivity index (χ3v) is 8.02. The van der Waals surface area contributed by atoms with Gasteiger partial charge in [0.15, 0.2) is 0 Å². The van der Waals surface area contributed by atoms with E-state index in [0.29, 0.717) is 29.6 Å². The molecule has 0 aliphatic heterocycles. The number of halogens is 2. The fourth-order valence-electron chi connectivity index (χ4n) is 4.45. The largest absolute Gasteiger partial charge is 0.397 e. The van der Waals surface area contributed by atoms with Gasteiger partial charge in [-0.05, 0) is 67.8 Å². The Morgan fingerprint density at radius 3 is 1.35 bits per heavy atom. The molecule has 0 fully saturated rings. The van der Waals surface area contributed by atoms with Crippen molar-refractivity contribution in [2.45, 2.75) is 96.8 Å². The zero-order valence-corrected chi connectivity index (χ0v) is 31.9. The number of benzene rings is 2. The summed E-state index contributed by atoms with van der Waals surface area (Å²) in [5.41, 5.74) is 24.8. The second-order valence-electron chi connectivity index (χ2n) is 11.6. The maximum absolute atomic E-state index is 10.2. The molecule has 0 radical (unpaired) electrons. The molecule has 14 nitrogen and oxygen atoms in total. The number of nitrogens with zero attached hydrogens (tertiary/aromatic N) is 4. The fraction of sp³-hybridized carbons (Fsp3) is 0.529. The monoisotopic (exact) mass is 770 g/mol. The van der Waals surface area contributed by atoms with Crippen LogP contribution in [0.3, 0.4) is 0 Å². The van der Waals surface area contributed by atoms with Gasteiger partial charge in [0.25, 0.3) is 0 Å². The molecule has 0 aliphatic rings. The van der Waals surface area contributed by atoms with Gasteiger partial charge in [-0.1, -0.05) is 101 Å². The average Bonchev–Trinajstić information content (AvgIpc) is 3.06. The van der Waals surface area contributed by atoms with E-state index < -0.39 is 10.4 Å². The van der Waals surface area contributed by atoms with Crippen molar-refractivity contribution in [3.05, 3.63) is 58.6 Å². The molecule has 0 atom stereocenters. The predicted molar refractivity (Wildman–Crippen MR) is 214 cm³/mol. The molecule has 0 unspecified atom stereocenters. The van der Waals surface area contributed by atoms with Gasteiger partial charge in [0.2, 0.25) is 23.8 Å². The van der Waals surface area contributed by atoms with Gasteiger partial charge in [-0.25, -0.2) is 4.18 Å². The quantitative estimate of drug-likeness (QED) is 0.0295. The average molecular weight is 772 g/mol. The standard InChI is InChI=1S/C22H30Cl2N10.C12H26O4S/c23-15-5-9-17(10-6-15)31-21(27)33-19(25)29-13-3-1-2-4-14-30-20(26)34-22(28)32-18-11-7-16(24)8-12-18;1-2-3-4-5-6-7-8-9-10-11-12-16-17(13,14)15/h5-12H,1-4,13-14H2,(H5,25,27,29,31,33)(H5,26,28,30,32,34);2-12H2,1H3,(H,13,14,15). The Balaban J connectivity index is 0.000000645. The van der Waals surface area contributed by atoms with Gasteiger partial charge in [-0.3, -0.25) is 14.5 Å². The molecule has 2 aromatic rings. The summed E-state index contributed by atoms with van der Waals surface area (Å²) in [6, 6.07) is 14.1. The molecule has 0 saturated heterocycles. The van der Waals surface area contributed by atoms with E-state index in [4.69, 9.17) is 50.7 Å². The number of hydrogen-bond acceptors (Lipinski definition) is 5. The molecular formula is C34H56Cl2N10O4S. The number of guanidine groups is 4. The van der Waals surface area contributed by atoms with Gasteiger partial charge in [-0.2, -0.15) is 18.4 Å². The van der Waals surface area contributed by atoms with E-state index in [2.05, 4.69) is 41.7 Å². The molecule has 0 bridgehead atoms. The topological polar surface area (TPSA) is 241 Å². The summed E-state index contributed by atoms with van der Waals surface area (Å²) in [6.07, 6.45) is 15.5. The summed E-state index contributed by atoms with van der Waals surface area (Å²) >= 11 is 11.7. The molecule has 0 aliphatic carbocycles. The van der Waals surface area contributed by atoms with Crippen LogP contribution in [0.1, 0.15) is 96.8 Å². The number of unbranched alkanes of at least 4 members (excludes halogenated alkanes) is 12. The van der Waals surface area contributed by atoms with Crippen molar-refractivity contribution >= 4 is 68.8 Å². The van der Waals surface area contributed by atoms with E-state index in [0.717, 1.165) is 49.9 Å². The number of nitrogens with two attached hydrogens (primary N) is 4. The number of anilines is 2. The van der Waals surface area contributed by atoms with Crippen molar-refractivity contribution in [1.82, 2.24) is 0 Å². The van der Waals surface area contributed by atoms with Crippen LogP contribution in [0.25, 0.3) is 0 Å². The molecular weight excluding hydrogens is 715 g/mol. The lowest BCUT2D eigenvalue weighted by atomic mass is 10.1. The molecule has 0 aromatic heterocycles. The van der Waals surface area contributed by atoms with Crippen molar-refractivity contribution < 1.29 is 17.2 Å². The third-order valence-electron chi connectivity index (χ3n) is 7.05. The lowest BCUT2D eigenvalue weighted by Crippen LogP contribution is -2.26. The van der Waals surface area contributed by atoms with Gasteiger partial charge in [0, 0.05) is 34.5 Å². The van der Waals surface area contributed by atoms with Crippen LogP contribution in [0, 0.1) is 0 Å². The third kappa shape index (κ3) is 27.7. The van der Waals surface area contributed by atoms with Crippen LogP contribution in [0.2, 0.25) is 10.0 Å². The highest BCUT2D eigenvalue weighted by Gasteiger charge is 2.03. The number of aliphatic imine (C=N–C) groups is 4. The maximum Gasteiger partial charge on any atom is 0.397 e. The Kier molecular flexibility index (Phi) is 24.9. The first-order valence-electron chi connectivity index (χ1n) is 17.3. The summed E-state index contributed by atoms with van der Waals surface area (Å²) in [4.78, 5) is 16.5. The van der Waals surface area contributed by atoms with Gasteiger partial charge < -0.3 is 33.6 Å². The summed E-state index contributed by atoms with van der Waals surface area (Å²) in [7, 11) is -4.23. The first-order chi connectivity index (χ1) is 24.4. The highest BCUT2D eigenvalue weighted by molar-refractivity contribution is 7.80. The molecule has 2 rings (SSSR count). The second kappa shape index (κ2) is 28.0. The fourth-order valence-corrected chi connectivity index (χ4v) is 5.03. The summed E-state index contributed by atoms with van der Waals surface area (Å²) in [5.74, 6) is 0.564. The van der Waals surface area contributed by atoms with E-state index in [9.17, 15) is 8.42 Å². The Hall–Kier alpha value is -3.63. The first-order valence-corrected chi connectivity index (χ1v) is 19.4. The van der Waals surface area contributed by atoms with Crippen molar-refractivity contribution in [2.75, 3.05) is 30.3 Å². The minimum Gasteiger partial charge on any atom is -0.369 e. The summed E-state index contributed by atoms with van der Waals surface area (Å²) in [6.45, 7) is 3.43. The normalized spacial score (nSPS) is 12.7. The Morgan fingerprint density at radius 1 is 0.627 bits per heavy atom. The number of nitrogens with one attached hydrogen (secondary N) is 2. The zero-order valence-electron chi connectivity index (χ0n) is 29.6. The highest BCUT2D eigenvalue weighted by Crippen LogP contribution is 2.14. The van der Waals surface area contributed by atoms with Gasteiger partial charge in [-0.15, -0.1) is 0 Å². The maximum atomic E-state index is 10.2. The molecule has 11 N–H and O–H groups in total. The van der Waals surface area contributed by atoms with E-state index in [1.54, 1.807) is 48.5 Å². The predicted octanol–water partition coefficient (Wildman–Crippen LogP) is 7.06.